The number of hydrogen-bond acceptors (Lipinski definition) is 6. The summed E-state index contributed by atoms with van der Waals surface area (Å²) in [5, 5.41) is 11.4. The van der Waals surface area contributed by atoms with E-state index in [1.54, 1.807) is 36.4 Å². The highest BCUT2D eigenvalue weighted by Gasteiger charge is 2.61. The number of phenols is 1. The molecule has 2 heterocycles. The number of halogens is 3. The first kappa shape index (κ1) is 22.7. The van der Waals surface area contributed by atoms with Crippen molar-refractivity contribution in [2.75, 3.05) is 17.1 Å². The SMILES string of the molecule is COc1cc([C@H]2[C@H]3C(=O)N(c4ccccc4C(F)(F)F)C(=O)[C@@H]3ON2c2ccccc2)ccc1O. The van der Waals surface area contributed by atoms with Gasteiger partial charge in [-0.05, 0) is 42.0 Å². The number of nitrogens with zero attached hydrogens (tertiary/aromatic N) is 2. The number of anilines is 2. The highest BCUT2D eigenvalue weighted by Crippen LogP contribution is 2.49. The molecule has 2 fully saturated rings. The van der Waals surface area contributed by atoms with E-state index >= 15 is 0 Å². The van der Waals surface area contributed by atoms with Crippen molar-refractivity contribution in [3.8, 4) is 11.5 Å². The number of benzene rings is 3. The van der Waals surface area contributed by atoms with Gasteiger partial charge in [0.15, 0.2) is 17.6 Å². The zero-order valence-electron chi connectivity index (χ0n) is 18.3. The number of ether oxygens (including phenoxy) is 1. The molecule has 0 radical (unpaired) electrons. The molecule has 7 nitrogen and oxygen atoms in total. The van der Waals surface area contributed by atoms with E-state index in [9.17, 15) is 27.9 Å². The number of alkyl halides is 3. The van der Waals surface area contributed by atoms with E-state index in [0.717, 1.165) is 12.1 Å². The zero-order chi connectivity index (χ0) is 24.9. The third-order valence-electron chi connectivity index (χ3n) is 6.12. The second-order valence-electron chi connectivity index (χ2n) is 8.12. The van der Waals surface area contributed by atoms with E-state index < -0.39 is 47.3 Å². The molecule has 0 aromatic heterocycles. The van der Waals surface area contributed by atoms with Gasteiger partial charge in [0, 0.05) is 0 Å². The van der Waals surface area contributed by atoms with Crippen LogP contribution >= 0.6 is 0 Å². The van der Waals surface area contributed by atoms with Gasteiger partial charge in [-0.3, -0.25) is 14.4 Å². The molecule has 0 spiro atoms. The minimum Gasteiger partial charge on any atom is -0.504 e. The molecule has 3 aromatic carbocycles. The van der Waals surface area contributed by atoms with Gasteiger partial charge >= 0.3 is 6.18 Å². The summed E-state index contributed by atoms with van der Waals surface area (Å²) in [5.74, 6) is -2.83. The van der Waals surface area contributed by atoms with Crippen molar-refractivity contribution in [3.63, 3.8) is 0 Å². The predicted octanol–water partition coefficient (Wildman–Crippen LogP) is 4.47. The molecule has 2 aliphatic heterocycles. The Balaban J connectivity index is 1.62. The fourth-order valence-corrected chi connectivity index (χ4v) is 4.58. The van der Waals surface area contributed by atoms with Crippen molar-refractivity contribution in [1.29, 1.82) is 0 Å². The first-order valence-electron chi connectivity index (χ1n) is 10.6. The number of methoxy groups -OCH3 is 1. The molecule has 180 valence electrons. The van der Waals surface area contributed by atoms with E-state index in [2.05, 4.69) is 0 Å². The topological polar surface area (TPSA) is 79.3 Å². The second-order valence-corrected chi connectivity index (χ2v) is 8.12. The normalized spacial score (nSPS) is 22.0. The van der Waals surface area contributed by atoms with E-state index in [-0.39, 0.29) is 11.5 Å². The second kappa shape index (κ2) is 8.31. The molecule has 10 heteroatoms. The van der Waals surface area contributed by atoms with Gasteiger partial charge in [-0.2, -0.15) is 13.2 Å². The Bertz CT molecular complexity index is 1300. The minimum atomic E-state index is -4.77. The lowest BCUT2D eigenvalue weighted by molar-refractivity contribution is -0.137. The van der Waals surface area contributed by atoms with Gasteiger partial charge in [0.05, 0.1) is 30.1 Å². The minimum absolute atomic E-state index is 0.132. The number of amides is 2. The van der Waals surface area contributed by atoms with Crippen LogP contribution in [0.1, 0.15) is 17.2 Å². The standard InChI is InChI=1S/C25H19F3N2O5/c1-34-19-13-14(11-12-18(19)31)21-20-22(35-30(21)15-7-3-2-4-8-15)24(33)29(23(20)32)17-10-6-5-9-16(17)25(26,27)28/h2-13,20-22,31H,1H3/t20-,21+,22-/m1/s1. The van der Waals surface area contributed by atoms with Crippen molar-refractivity contribution < 1.29 is 37.4 Å². The summed E-state index contributed by atoms with van der Waals surface area (Å²) >= 11 is 0. The Kier molecular flexibility index (Phi) is 5.40. The molecule has 3 atom stereocenters. The van der Waals surface area contributed by atoms with Crippen LogP contribution in [-0.4, -0.2) is 30.1 Å². The average Bonchev–Trinajstić information content (AvgIpc) is 3.35. The summed E-state index contributed by atoms with van der Waals surface area (Å²) in [5.41, 5.74) is -0.615. The Morgan fingerprint density at radius 3 is 2.31 bits per heavy atom. The Hall–Kier alpha value is -4.05. The summed E-state index contributed by atoms with van der Waals surface area (Å²) in [4.78, 5) is 33.4. The number of fused-ring (bicyclic) bond motifs is 1. The summed E-state index contributed by atoms with van der Waals surface area (Å²) in [7, 11) is 1.36. The lowest BCUT2D eigenvalue weighted by Gasteiger charge is -2.29. The maximum absolute atomic E-state index is 13.7. The van der Waals surface area contributed by atoms with Gasteiger partial charge in [0.1, 0.15) is 5.92 Å². The summed E-state index contributed by atoms with van der Waals surface area (Å²) in [6, 6.07) is 16.7. The lowest BCUT2D eigenvalue weighted by atomic mass is 9.90. The van der Waals surface area contributed by atoms with Gasteiger partial charge in [-0.25, -0.2) is 9.96 Å². The molecule has 3 aromatic rings. The average molecular weight is 484 g/mol. The number of carbonyl (C=O) groups is 2. The summed E-state index contributed by atoms with van der Waals surface area (Å²) < 4.78 is 46.2. The van der Waals surface area contributed by atoms with Crippen LogP contribution in [0.2, 0.25) is 0 Å². The number of hydroxylamine groups is 1. The molecule has 2 amide bonds. The highest BCUT2D eigenvalue weighted by atomic mass is 19.4. The van der Waals surface area contributed by atoms with Crippen molar-refractivity contribution in [1.82, 2.24) is 0 Å². The van der Waals surface area contributed by atoms with Crippen molar-refractivity contribution in [2.24, 2.45) is 5.92 Å². The molecule has 0 unspecified atom stereocenters. The summed E-state index contributed by atoms with van der Waals surface area (Å²) in [6.07, 6.45) is -6.11. The lowest BCUT2D eigenvalue weighted by Crippen LogP contribution is -2.38. The zero-order valence-corrected chi connectivity index (χ0v) is 18.3. The van der Waals surface area contributed by atoms with Crippen LogP contribution in [0.5, 0.6) is 11.5 Å². The monoisotopic (exact) mass is 484 g/mol. The number of phenolic OH excluding ortho intramolecular Hbond substituents is 1. The van der Waals surface area contributed by atoms with Crippen molar-refractivity contribution in [3.05, 3.63) is 83.9 Å². The third-order valence-corrected chi connectivity index (χ3v) is 6.12. The highest BCUT2D eigenvalue weighted by molar-refractivity contribution is 6.24. The van der Waals surface area contributed by atoms with Crippen LogP contribution in [0.4, 0.5) is 24.5 Å². The van der Waals surface area contributed by atoms with Gasteiger partial charge in [-0.15, -0.1) is 0 Å². The molecule has 35 heavy (non-hydrogen) atoms. The number of rotatable bonds is 4. The van der Waals surface area contributed by atoms with Crippen molar-refractivity contribution >= 4 is 23.2 Å². The van der Waals surface area contributed by atoms with Crippen LogP contribution in [0.15, 0.2) is 72.8 Å². The van der Waals surface area contributed by atoms with Crippen LogP contribution < -0.4 is 14.7 Å². The quantitative estimate of drug-likeness (QED) is 0.551. The third kappa shape index (κ3) is 3.66. The maximum Gasteiger partial charge on any atom is 0.418 e. The number of carbonyl (C=O) groups excluding carboxylic acids is 2. The molecule has 0 bridgehead atoms. The van der Waals surface area contributed by atoms with Gasteiger partial charge in [0.2, 0.25) is 5.91 Å². The smallest absolute Gasteiger partial charge is 0.418 e. The molecule has 1 N–H and O–H groups in total. The molecular formula is C25H19F3N2O5. The first-order chi connectivity index (χ1) is 16.7. The van der Waals surface area contributed by atoms with E-state index in [1.807, 2.05) is 0 Å². The van der Waals surface area contributed by atoms with Crippen LogP contribution in [0.3, 0.4) is 0 Å². The van der Waals surface area contributed by atoms with Gasteiger partial charge in [0.25, 0.3) is 5.91 Å². The van der Waals surface area contributed by atoms with Gasteiger partial charge in [-0.1, -0.05) is 36.4 Å². The molecular weight excluding hydrogens is 465 g/mol. The van der Waals surface area contributed by atoms with E-state index in [1.165, 1.54) is 36.4 Å². The number of imide groups is 1. The molecule has 5 rings (SSSR count). The first-order valence-corrected chi connectivity index (χ1v) is 10.6. The molecule has 2 saturated heterocycles. The van der Waals surface area contributed by atoms with Gasteiger partial charge < -0.3 is 9.84 Å². The van der Waals surface area contributed by atoms with Crippen LogP contribution in [0.25, 0.3) is 0 Å². The Morgan fingerprint density at radius 1 is 0.943 bits per heavy atom. The number of aromatic hydroxyl groups is 1. The number of para-hydroxylation sites is 2. The maximum atomic E-state index is 13.7. The molecule has 2 aliphatic rings. The van der Waals surface area contributed by atoms with E-state index in [0.29, 0.717) is 16.2 Å². The Labute approximate surface area is 197 Å². The predicted molar refractivity (Wildman–Crippen MR) is 119 cm³/mol. The number of hydrogen-bond donors (Lipinski definition) is 1. The van der Waals surface area contributed by atoms with Crippen LogP contribution in [-0.2, 0) is 20.6 Å². The summed E-state index contributed by atoms with van der Waals surface area (Å²) in [6.45, 7) is 0. The van der Waals surface area contributed by atoms with Crippen molar-refractivity contribution in [2.45, 2.75) is 18.3 Å². The Morgan fingerprint density at radius 2 is 1.63 bits per heavy atom. The fourth-order valence-electron chi connectivity index (χ4n) is 4.58. The van der Waals surface area contributed by atoms with E-state index in [4.69, 9.17) is 9.57 Å². The fraction of sp³-hybridized carbons (Fsp3) is 0.200. The van der Waals surface area contributed by atoms with Crippen LogP contribution in [0, 0.1) is 5.92 Å². The largest absolute Gasteiger partial charge is 0.504 e. The molecule has 0 saturated carbocycles. The molecule has 0 aliphatic carbocycles.